The van der Waals surface area contributed by atoms with Crippen LogP contribution in [0.3, 0.4) is 0 Å². The van der Waals surface area contributed by atoms with Gasteiger partial charge in [0.15, 0.2) is 0 Å². The van der Waals surface area contributed by atoms with Gasteiger partial charge in [-0.25, -0.2) is 4.98 Å². The van der Waals surface area contributed by atoms with E-state index in [2.05, 4.69) is 21.3 Å². The first-order chi connectivity index (χ1) is 13.3. The number of hydrogen-bond acceptors (Lipinski definition) is 6. The van der Waals surface area contributed by atoms with Crippen molar-refractivity contribution in [2.75, 3.05) is 37.7 Å². The molecule has 0 aliphatic carbocycles. The van der Waals surface area contributed by atoms with Crippen molar-refractivity contribution >= 4 is 34.3 Å². The van der Waals surface area contributed by atoms with Gasteiger partial charge in [0.25, 0.3) is 5.91 Å². The second kappa shape index (κ2) is 8.10. The van der Waals surface area contributed by atoms with E-state index in [1.807, 2.05) is 46.8 Å². The Morgan fingerprint density at radius 3 is 2.70 bits per heavy atom. The molecule has 7 heteroatoms. The summed E-state index contributed by atoms with van der Waals surface area (Å²) in [5.41, 5.74) is 2.73. The highest BCUT2D eigenvalue weighted by atomic mass is 32.1. The summed E-state index contributed by atoms with van der Waals surface area (Å²) in [6.45, 7) is 5.58. The molecule has 0 unspecified atom stereocenters. The Morgan fingerprint density at radius 1 is 1.15 bits per heavy atom. The van der Waals surface area contributed by atoms with Gasteiger partial charge in [-0.3, -0.25) is 4.79 Å². The highest BCUT2D eigenvalue weighted by molar-refractivity contribution is 7.14. The number of aromatic nitrogens is 1. The summed E-state index contributed by atoms with van der Waals surface area (Å²) in [5, 5.41) is 6.86. The minimum Gasteiger partial charge on any atom is -0.492 e. The number of ether oxygens (including phenoxy) is 1. The van der Waals surface area contributed by atoms with Crippen LogP contribution in [0.15, 0.2) is 46.5 Å². The van der Waals surface area contributed by atoms with Gasteiger partial charge in [-0.05, 0) is 30.5 Å². The lowest BCUT2D eigenvalue weighted by Crippen LogP contribution is -2.49. The summed E-state index contributed by atoms with van der Waals surface area (Å²) in [5.74, 6) is 0.921. The molecule has 0 saturated carbocycles. The van der Waals surface area contributed by atoms with Crippen molar-refractivity contribution in [3.8, 4) is 16.3 Å². The molecule has 1 aliphatic rings. The second-order valence-corrected chi connectivity index (χ2v) is 7.87. The third kappa shape index (κ3) is 3.84. The van der Waals surface area contributed by atoms with Crippen molar-refractivity contribution in [2.24, 2.45) is 0 Å². The minimum atomic E-state index is 0.0190. The Morgan fingerprint density at radius 2 is 1.96 bits per heavy atom. The zero-order valence-corrected chi connectivity index (χ0v) is 16.8. The lowest BCUT2D eigenvalue weighted by molar-refractivity contribution is 0.0741. The monoisotopic (exact) mass is 399 g/mol. The van der Waals surface area contributed by atoms with Gasteiger partial charge in [-0.1, -0.05) is 12.1 Å². The van der Waals surface area contributed by atoms with Gasteiger partial charge in [-0.15, -0.1) is 11.3 Å². The van der Waals surface area contributed by atoms with Crippen LogP contribution in [0.25, 0.3) is 10.6 Å². The maximum atomic E-state index is 12.8. The van der Waals surface area contributed by atoms with Gasteiger partial charge >= 0.3 is 0 Å². The molecule has 3 heterocycles. The van der Waals surface area contributed by atoms with E-state index in [1.54, 1.807) is 11.3 Å². The van der Waals surface area contributed by atoms with Crippen LogP contribution < -0.4 is 9.64 Å². The van der Waals surface area contributed by atoms with Crippen molar-refractivity contribution < 1.29 is 9.53 Å². The fourth-order valence-corrected chi connectivity index (χ4v) is 4.71. The molecule has 0 N–H and O–H groups in total. The summed E-state index contributed by atoms with van der Waals surface area (Å²) in [4.78, 5) is 21.5. The van der Waals surface area contributed by atoms with Crippen LogP contribution in [0.5, 0.6) is 5.75 Å². The number of thiazole rings is 1. The lowest BCUT2D eigenvalue weighted by atomic mass is 10.2. The van der Waals surface area contributed by atoms with Crippen LogP contribution >= 0.6 is 22.7 Å². The summed E-state index contributed by atoms with van der Waals surface area (Å²) < 4.78 is 5.74. The molecule has 1 aliphatic heterocycles. The number of rotatable bonds is 5. The van der Waals surface area contributed by atoms with Crippen molar-refractivity contribution in [1.82, 2.24) is 9.88 Å². The molecular weight excluding hydrogens is 378 g/mol. The molecule has 3 aromatic rings. The smallest absolute Gasteiger partial charge is 0.273 e. The maximum Gasteiger partial charge on any atom is 0.273 e. The van der Waals surface area contributed by atoms with Crippen molar-refractivity contribution in [1.29, 1.82) is 0 Å². The first kappa shape index (κ1) is 18.0. The standard InChI is InChI=1S/C20H21N3O2S2/c1-2-25-18-6-4-3-5-17(18)22-8-10-23(11-9-22)20(24)16-14-27-19(21-16)15-7-12-26-13-15/h3-7,12-14H,2,8-11H2,1H3. The SMILES string of the molecule is CCOc1ccccc1N1CCN(C(=O)c2csc(-c3ccsc3)n2)CC1. The average molecular weight is 400 g/mol. The third-order valence-electron chi connectivity index (χ3n) is 4.56. The predicted molar refractivity (Wildman–Crippen MR) is 111 cm³/mol. The molecule has 1 fully saturated rings. The van der Waals surface area contributed by atoms with Crippen molar-refractivity contribution in [3.05, 3.63) is 52.2 Å². The van der Waals surface area contributed by atoms with Crippen LogP contribution in [-0.2, 0) is 0 Å². The molecule has 0 radical (unpaired) electrons. The first-order valence-corrected chi connectivity index (χ1v) is 10.8. The van der Waals surface area contributed by atoms with E-state index in [4.69, 9.17) is 4.74 Å². The quantitative estimate of drug-likeness (QED) is 0.644. The number of amides is 1. The van der Waals surface area contributed by atoms with E-state index in [1.165, 1.54) is 11.3 Å². The normalized spacial score (nSPS) is 14.4. The van der Waals surface area contributed by atoms with Crippen LogP contribution in [0.4, 0.5) is 5.69 Å². The average Bonchev–Trinajstić information content (AvgIpc) is 3.40. The van der Waals surface area contributed by atoms with E-state index >= 15 is 0 Å². The van der Waals surface area contributed by atoms with E-state index < -0.39 is 0 Å². The van der Waals surface area contributed by atoms with E-state index in [0.29, 0.717) is 25.4 Å². The van der Waals surface area contributed by atoms with Crippen LogP contribution in [0.1, 0.15) is 17.4 Å². The van der Waals surface area contributed by atoms with Gasteiger partial charge in [0.2, 0.25) is 0 Å². The topological polar surface area (TPSA) is 45.7 Å². The molecule has 2 aromatic heterocycles. The fourth-order valence-electron chi connectivity index (χ4n) is 3.20. The maximum absolute atomic E-state index is 12.8. The summed E-state index contributed by atoms with van der Waals surface area (Å²) in [6, 6.07) is 10.1. The van der Waals surface area contributed by atoms with Gasteiger partial charge in [0.05, 0.1) is 12.3 Å². The Hall–Kier alpha value is -2.38. The van der Waals surface area contributed by atoms with E-state index in [9.17, 15) is 4.79 Å². The van der Waals surface area contributed by atoms with Crippen LogP contribution in [0.2, 0.25) is 0 Å². The number of thiophene rings is 1. The molecule has 5 nitrogen and oxygen atoms in total. The number of carbonyl (C=O) groups excluding carboxylic acids is 1. The Kier molecular flexibility index (Phi) is 5.40. The molecule has 1 saturated heterocycles. The van der Waals surface area contributed by atoms with Crippen molar-refractivity contribution in [2.45, 2.75) is 6.92 Å². The van der Waals surface area contributed by atoms with Crippen LogP contribution in [-0.4, -0.2) is 48.6 Å². The predicted octanol–water partition coefficient (Wildman–Crippen LogP) is 4.23. The molecule has 0 bridgehead atoms. The fraction of sp³-hybridized carbons (Fsp3) is 0.300. The first-order valence-electron chi connectivity index (χ1n) is 9.00. The summed E-state index contributed by atoms with van der Waals surface area (Å²) in [7, 11) is 0. The molecule has 140 valence electrons. The molecule has 4 rings (SSSR count). The number of para-hydroxylation sites is 2. The highest BCUT2D eigenvalue weighted by Gasteiger charge is 2.25. The summed E-state index contributed by atoms with van der Waals surface area (Å²) in [6.07, 6.45) is 0. The number of nitrogens with zero attached hydrogens (tertiary/aromatic N) is 3. The number of hydrogen-bond donors (Lipinski definition) is 0. The zero-order chi connectivity index (χ0) is 18.6. The van der Waals surface area contributed by atoms with E-state index in [-0.39, 0.29) is 5.91 Å². The number of carbonyl (C=O) groups is 1. The zero-order valence-electron chi connectivity index (χ0n) is 15.1. The van der Waals surface area contributed by atoms with Gasteiger partial charge in [0.1, 0.15) is 16.5 Å². The lowest BCUT2D eigenvalue weighted by Gasteiger charge is -2.36. The molecule has 27 heavy (non-hydrogen) atoms. The molecule has 1 aromatic carbocycles. The number of piperazine rings is 1. The molecular formula is C20H21N3O2S2. The Balaban J connectivity index is 1.41. The minimum absolute atomic E-state index is 0.0190. The Labute approximate surface area is 166 Å². The van der Waals surface area contributed by atoms with E-state index in [0.717, 1.165) is 35.1 Å². The van der Waals surface area contributed by atoms with Crippen molar-refractivity contribution in [3.63, 3.8) is 0 Å². The van der Waals surface area contributed by atoms with Gasteiger partial charge in [0, 0.05) is 42.5 Å². The number of benzene rings is 1. The molecule has 0 spiro atoms. The van der Waals surface area contributed by atoms with Gasteiger partial charge in [-0.2, -0.15) is 11.3 Å². The second-order valence-electron chi connectivity index (χ2n) is 6.23. The highest BCUT2D eigenvalue weighted by Crippen LogP contribution is 2.29. The molecule has 1 amide bonds. The van der Waals surface area contributed by atoms with Crippen LogP contribution in [0, 0.1) is 0 Å². The van der Waals surface area contributed by atoms with Gasteiger partial charge < -0.3 is 14.5 Å². The third-order valence-corrected chi connectivity index (χ3v) is 6.14. The number of anilines is 1. The molecule has 0 atom stereocenters. The largest absolute Gasteiger partial charge is 0.492 e. The summed E-state index contributed by atoms with van der Waals surface area (Å²) >= 11 is 3.16. The Bertz CT molecular complexity index is 900.